The van der Waals surface area contributed by atoms with Gasteiger partial charge in [-0.25, -0.2) is 4.39 Å². The highest BCUT2D eigenvalue weighted by Crippen LogP contribution is 2.27. The largest absolute Gasteiger partial charge is 0.342 e. The van der Waals surface area contributed by atoms with E-state index in [4.69, 9.17) is 0 Å². The van der Waals surface area contributed by atoms with Crippen LogP contribution in [0.15, 0.2) is 18.5 Å². The average Bonchev–Trinajstić information content (AvgIpc) is 2.47. The van der Waals surface area contributed by atoms with Crippen LogP contribution in [0.2, 0.25) is 0 Å². The van der Waals surface area contributed by atoms with Crippen molar-refractivity contribution in [2.75, 3.05) is 0 Å². The van der Waals surface area contributed by atoms with Gasteiger partial charge in [0.15, 0.2) is 0 Å². The molecule has 1 aliphatic heterocycles. The van der Waals surface area contributed by atoms with Gasteiger partial charge in [0.1, 0.15) is 17.4 Å². The molecule has 0 saturated carbocycles. The van der Waals surface area contributed by atoms with Gasteiger partial charge >= 0.3 is 0 Å². The minimum atomic E-state index is -0.922. The van der Waals surface area contributed by atoms with Crippen molar-refractivity contribution in [3.63, 3.8) is 0 Å². The molecule has 0 aromatic carbocycles. The second-order valence-electron chi connectivity index (χ2n) is 5.50. The fourth-order valence-corrected chi connectivity index (χ4v) is 2.53. The number of piperazine rings is 1. The summed E-state index contributed by atoms with van der Waals surface area (Å²) in [7, 11) is 0. The topological polar surface area (TPSA) is 62.3 Å². The van der Waals surface area contributed by atoms with E-state index in [2.05, 4.69) is 10.3 Å². The van der Waals surface area contributed by atoms with E-state index in [0.29, 0.717) is 18.4 Å². The van der Waals surface area contributed by atoms with Gasteiger partial charge < -0.3 is 10.2 Å². The molecule has 1 saturated heterocycles. The first-order valence-corrected chi connectivity index (χ1v) is 7.14. The summed E-state index contributed by atoms with van der Waals surface area (Å²) in [4.78, 5) is 30.2. The molecule has 21 heavy (non-hydrogen) atoms. The zero-order valence-corrected chi connectivity index (χ0v) is 12.5. The van der Waals surface area contributed by atoms with Crippen molar-refractivity contribution < 1.29 is 14.0 Å². The van der Waals surface area contributed by atoms with Gasteiger partial charge in [0.2, 0.25) is 11.8 Å². The molecule has 1 N–H and O–H groups in total. The van der Waals surface area contributed by atoms with Crippen LogP contribution in [0.25, 0.3) is 0 Å². The monoisotopic (exact) mass is 293 g/mol. The number of hydrogen-bond acceptors (Lipinski definition) is 3. The smallest absolute Gasteiger partial charge is 0.246 e. The second kappa shape index (κ2) is 5.79. The summed E-state index contributed by atoms with van der Waals surface area (Å²) >= 11 is 0. The number of halogens is 1. The van der Waals surface area contributed by atoms with Crippen molar-refractivity contribution in [2.24, 2.45) is 0 Å². The number of amides is 2. The Kier molecular flexibility index (Phi) is 4.25. The van der Waals surface area contributed by atoms with Crippen molar-refractivity contribution in [3.05, 3.63) is 29.8 Å². The highest BCUT2D eigenvalue weighted by Gasteiger charge is 2.47. The van der Waals surface area contributed by atoms with E-state index in [1.807, 2.05) is 13.8 Å². The quantitative estimate of drug-likeness (QED) is 0.917. The molecule has 0 bridgehead atoms. The van der Waals surface area contributed by atoms with Gasteiger partial charge in [0.05, 0.1) is 6.20 Å². The van der Waals surface area contributed by atoms with Gasteiger partial charge in [-0.2, -0.15) is 0 Å². The Morgan fingerprint density at radius 2 is 2.10 bits per heavy atom. The van der Waals surface area contributed by atoms with Gasteiger partial charge in [0.25, 0.3) is 0 Å². The molecule has 1 aromatic heterocycles. The number of nitrogens with zero attached hydrogens (tertiary/aromatic N) is 2. The summed E-state index contributed by atoms with van der Waals surface area (Å²) in [5.74, 6) is -0.752. The third-order valence-electron chi connectivity index (χ3n) is 4.15. The van der Waals surface area contributed by atoms with E-state index in [-0.39, 0.29) is 18.4 Å². The van der Waals surface area contributed by atoms with Crippen LogP contribution in [0.1, 0.15) is 39.2 Å². The number of carbonyl (C=O) groups is 2. The van der Waals surface area contributed by atoms with Crippen molar-refractivity contribution in [1.82, 2.24) is 15.2 Å². The Balaban J connectivity index is 2.35. The fraction of sp³-hybridized carbons (Fsp3) is 0.533. The molecular formula is C15H20FN3O2. The van der Waals surface area contributed by atoms with Crippen molar-refractivity contribution in [3.8, 4) is 0 Å². The SMILES string of the molecule is CCC1NC(=O)C(C)(CC)N(Cc2cncc(F)c2)C1=O. The first kappa shape index (κ1) is 15.4. The van der Waals surface area contributed by atoms with E-state index < -0.39 is 17.4 Å². The van der Waals surface area contributed by atoms with Crippen molar-refractivity contribution in [1.29, 1.82) is 0 Å². The fourth-order valence-electron chi connectivity index (χ4n) is 2.53. The molecule has 114 valence electrons. The van der Waals surface area contributed by atoms with Crippen LogP contribution >= 0.6 is 0 Å². The maximum absolute atomic E-state index is 13.3. The van der Waals surface area contributed by atoms with Gasteiger partial charge in [-0.05, 0) is 31.4 Å². The number of carbonyl (C=O) groups excluding carboxylic acids is 2. The van der Waals surface area contributed by atoms with E-state index in [1.54, 1.807) is 6.92 Å². The first-order valence-electron chi connectivity index (χ1n) is 7.14. The normalized spacial score (nSPS) is 25.9. The highest BCUT2D eigenvalue weighted by atomic mass is 19.1. The van der Waals surface area contributed by atoms with Crippen LogP contribution in [-0.4, -0.2) is 33.3 Å². The molecular weight excluding hydrogens is 273 g/mol. The molecule has 0 spiro atoms. The molecule has 2 amide bonds. The van der Waals surface area contributed by atoms with E-state index in [0.717, 1.165) is 6.20 Å². The van der Waals surface area contributed by atoms with Gasteiger partial charge in [-0.3, -0.25) is 14.6 Å². The molecule has 2 rings (SSSR count). The standard InChI is InChI=1S/C15H20FN3O2/c1-4-12-13(20)19(15(3,5-2)14(21)18-12)9-10-6-11(16)8-17-7-10/h6-8,12H,4-5,9H2,1-3H3,(H,18,21). The molecule has 1 aliphatic rings. The molecule has 2 unspecified atom stereocenters. The zero-order chi connectivity index (χ0) is 15.6. The van der Waals surface area contributed by atoms with Gasteiger partial charge in [-0.15, -0.1) is 0 Å². The Hall–Kier alpha value is -1.98. The summed E-state index contributed by atoms with van der Waals surface area (Å²) in [5, 5.41) is 2.76. The predicted octanol–water partition coefficient (Wildman–Crippen LogP) is 1.63. The van der Waals surface area contributed by atoms with Gasteiger partial charge in [0, 0.05) is 12.7 Å². The van der Waals surface area contributed by atoms with Crippen LogP contribution in [-0.2, 0) is 16.1 Å². The molecule has 2 heterocycles. The van der Waals surface area contributed by atoms with Crippen LogP contribution in [0.5, 0.6) is 0 Å². The van der Waals surface area contributed by atoms with Crippen LogP contribution in [0.4, 0.5) is 4.39 Å². The second-order valence-corrected chi connectivity index (χ2v) is 5.50. The Labute approximate surface area is 123 Å². The summed E-state index contributed by atoms with van der Waals surface area (Å²) in [5.41, 5.74) is -0.345. The first-order chi connectivity index (χ1) is 9.92. The zero-order valence-electron chi connectivity index (χ0n) is 12.5. The Morgan fingerprint density at radius 1 is 1.38 bits per heavy atom. The van der Waals surface area contributed by atoms with E-state index >= 15 is 0 Å². The number of nitrogens with one attached hydrogen (secondary N) is 1. The Morgan fingerprint density at radius 3 is 2.67 bits per heavy atom. The van der Waals surface area contributed by atoms with E-state index in [9.17, 15) is 14.0 Å². The lowest BCUT2D eigenvalue weighted by atomic mass is 9.89. The summed E-state index contributed by atoms with van der Waals surface area (Å²) < 4.78 is 13.3. The van der Waals surface area contributed by atoms with Crippen LogP contribution in [0, 0.1) is 5.82 Å². The summed E-state index contributed by atoms with van der Waals surface area (Å²) in [6.45, 7) is 5.62. The summed E-state index contributed by atoms with van der Waals surface area (Å²) in [6.07, 6.45) is 3.65. The third kappa shape index (κ3) is 2.75. The predicted molar refractivity (Wildman–Crippen MR) is 75.7 cm³/mol. The number of rotatable bonds is 4. The highest BCUT2D eigenvalue weighted by molar-refractivity contribution is 5.99. The number of aromatic nitrogens is 1. The molecule has 1 aromatic rings. The molecule has 2 atom stereocenters. The van der Waals surface area contributed by atoms with Crippen LogP contribution in [0.3, 0.4) is 0 Å². The molecule has 6 heteroatoms. The summed E-state index contributed by atoms with van der Waals surface area (Å²) in [6, 6.07) is 0.822. The minimum absolute atomic E-state index is 0.134. The van der Waals surface area contributed by atoms with E-state index in [1.165, 1.54) is 17.2 Å². The van der Waals surface area contributed by atoms with Crippen molar-refractivity contribution in [2.45, 2.75) is 51.7 Å². The minimum Gasteiger partial charge on any atom is -0.342 e. The lowest BCUT2D eigenvalue weighted by Crippen LogP contribution is -2.68. The lowest BCUT2D eigenvalue weighted by molar-refractivity contribution is -0.157. The maximum atomic E-state index is 13.3. The van der Waals surface area contributed by atoms with Crippen molar-refractivity contribution >= 4 is 11.8 Å². The van der Waals surface area contributed by atoms with Gasteiger partial charge in [-0.1, -0.05) is 13.8 Å². The molecule has 0 radical (unpaired) electrons. The number of hydrogen-bond donors (Lipinski definition) is 1. The third-order valence-corrected chi connectivity index (χ3v) is 4.15. The molecule has 1 fully saturated rings. The maximum Gasteiger partial charge on any atom is 0.246 e. The molecule has 0 aliphatic carbocycles. The molecule has 5 nitrogen and oxygen atoms in total. The number of pyridine rings is 1. The Bertz CT molecular complexity index is 564. The lowest BCUT2D eigenvalue weighted by Gasteiger charge is -2.45. The average molecular weight is 293 g/mol. The van der Waals surface area contributed by atoms with Crippen LogP contribution < -0.4 is 5.32 Å².